The van der Waals surface area contributed by atoms with Crippen LogP contribution in [0.15, 0.2) is 55.0 Å². The van der Waals surface area contributed by atoms with Crippen LogP contribution in [0, 0.1) is 11.8 Å². The van der Waals surface area contributed by atoms with Gasteiger partial charge in [0, 0.05) is 48.4 Å². The fourth-order valence-electron chi connectivity index (χ4n) is 4.86. The summed E-state index contributed by atoms with van der Waals surface area (Å²) in [5.41, 5.74) is 10.9. The molecular formula is C29H27N7O2. The molecule has 0 radical (unpaired) electrons. The van der Waals surface area contributed by atoms with Gasteiger partial charge in [-0.3, -0.25) is 14.2 Å². The van der Waals surface area contributed by atoms with Crippen LogP contribution in [-0.2, 0) is 7.05 Å². The highest BCUT2D eigenvalue weighted by Crippen LogP contribution is 2.37. The van der Waals surface area contributed by atoms with Gasteiger partial charge >= 0.3 is 0 Å². The summed E-state index contributed by atoms with van der Waals surface area (Å²) < 4.78 is 9.62. The quantitative estimate of drug-likeness (QED) is 0.371. The fraction of sp³-hybridized carbons (Fsp3) is 0.241. The van der Waals surface area contributed by atoms with Crippen molar-refractivity contribution in [1.82, 2.24) is 29.4 Å². The van der Waals surface area contributed by atoms with Gasteiger partial charge in [0.2, 0.25) is 0 Å². The van der Waals surface area contributed by atoms with Crippen LogP contribution in [0.1, 0.15) is 53.0 Å². The van der Waals surface area contributed by atoms with E-state index in [9.17, 15) is 4.79 Å². The van der Waals surface area contributed by atoms with Crippen LogP contribution in [0.25, 0.3) is 21.8 Å². The lowest BCUT2D eigenvalue weighted by Crippen LogP contribution is -2.32. The highest BCUT2D eigenvalue weighted by atomic mass is 16.5. The molecule has 0 saturated heterocycles. The second-order valence-corrected chi connectivity index (χ2v) is 9.81. The van der Waals surface area contributed by atoms with E-state index in [4.69, 9.17) is 10.5 Å². The summed E-state index contributed by atoms with van der Waals surface area (Å²) in [5.74, 6) is 7.41. The number of nitrogen functional groups attached to an aromatic ring is 1. The summed E-state index contributed by atoms with van der Waals surface area (Å²) >= 11 is 0. The first-order valence-corrected chi connectivity index (χ1v) is 12.4. The number of hydrogen-bond acceptors (Lipinski definition) is 6. The third-order valence-electron chi connectivity index (χ3n) is 6.99. The van der Waals surface area contributed by atoms with Crippen molar-refractivity contribution in [2.24, 2.45) is 7.05 Å². The van der Waals surface area contributed by atoms with Crippen LogP contribution in [0.3, 0.4) is 0 Å². The number of amides is 1. The number of anilines is 1. The summed E-state index contributed by atoms with van der Waals surface area (Å²) in [6.07, 6.45) is 5.40. The number of carbonyl (C=O) groups is 1. The van der Waals surface area contributed by atoms with E-state index in [1.165, 1.54) is 0 Å². The minimum Gasteiger partial charge on any atom is -0.491 e. The predicted molar refractivity (Wildman–Crippen MR) is 146 cm³/mol. The largest absolute Gasteiger partial charge is 0.491 e. The van der Waals surface area contributed by atoms with Crippen molar-refractivity contribution in [3.8, 4) is 17.6 Å². The first kappa shape index (κ1) is 23.6. The molecule has 1 aliphatic heterocycles. The summed E-state index contributed by atoms with van der Waals surface area (Å²) in [7, 11) is 3.66. The second-order valence-electron chi connectivity index (χ2n) is 9.81. The van der Waals surface area contributed by atoms with Gasteiger partial charge in [-0.15, -0.1) is 0 Å². The summed E-state index contributed by atoms with van der Waals surface area (Å²) in [6.45, 7) is 4.54. The Kier molecular flexibility index (Phi) is 5.53. The predicted octanol–water partition coefficient (Wildman–Crippen LogP) is 4.09. The molecule has 2 aromatic carbocycles. The van der Waals surface area contributed by atoms with Crippen molar-refractivity contribution in [2.75, 3.05) is 19.4 Å². The number of rotatable bonds is 3. The van der Waals surface area contributed by atoms with Gasteiger partial charge in [0.15, 0.2) is 0 Å². The van der Waals surface area contributed by atoms with Crippen molar-refractivity contribution in [3.05, 3.63) is 77.2 Å². The Labute approximate surface area is 219 Å². The molecule has 5 aromatic rings. The highest BCUT2D eigenvalue weighted by Gasteiger charge is 2.31. The van der Waals surface area contributed by atoms with Crippen molar-refractivity contribution in [2.45, 2.75) is 25.9 Å². The Balaban J connectivity index is 1.26. The maximum Gasteiger partial charge on any atom is 0.254 e. The molecule has 4 heterocycles. The molecule has 6 rings (SSSR count). The number of fused-ring (bicyclic) bond motifs is 4. The molecular weight excluding hydrogens is 478 g/mol. The number of aryl methyl sites for hydroxylation is 1. The lowest BCUT2D eigenvalue weighted by molar-refractivity contribution is 0.0708. The summed E-state index contributed by atoms with van der Waals surface area (Å²) in [5, 5.41) is 10.3. The van der Waals surface area contributed by atoms with Crippen molar-refractivity contribution >= 4 is 33.5 Å². The number of benzene rings is 2. The normalized spacial score (nSPS) is 14.4. The zero-order valence-electron chi connectivity index (χ0n) is 21.6. The monoisotopic (exact) mass is 505 g/mol. The van der Waals surface area contributed by atoms with Crippen LogP contribution < -0.4 is 10.5 Å². The third kappa shape index (κ3) is 3.91. The standard InChI is InChI=1S/C29H27N7O2/c1-17(2)36-15-19(13-32-36)6-5-18-7-9-21-25(16-38-26(21)11-18)34(3)29(37)20-8-10-24-22(12-20)27-23(28(30)33-24)14-31-35(27)4/h7-15,17,25H,16H2,1-4H3,(H2,30,33)/t25-/m1/s1. The van der Waals surface area contributed by atoms with Crippen LogP contribution in [0.4, 0.5) is 5.82 Å². The van der Waals surface area contributed by atoms with Crippen LogP contribution in [-0.4, -0.2) is 49.0 Å². The van der Waals surface area contributed by atoms with Gasteiger partial charge in [-0.2, -0.15) is 10.2 Å². The molecule has 1 aliphatic rings. The Morgan fingerprint density at radius 3 is 2.71 bits per heavy atom. The van der Waals surface area contributed by atoms with E-state index >= 15 is 0 Å². The van der Waals surface area contributed by atoms with E-state index in [0.717, 1.165) is 44.2 Å². The van der Waals surface area contributed by atoms with Crippen molar-refractivity contribution < 1.29 is 9.53 Å². The number of carbonyl (C=O) groups excluding carboxylic acids is 1. The fourth-order valence-corrected chi connectivity index (χ4v) is 4.86. The third-order valence-corrected chi connectivity index (χ3v) is 6.99. The molecule has 0 bridgehead atoms. The van der Waals surface area contributed by atoms with Crippen LogP contribution in [0.2, 0.25) is 0 Å². The van der Waals surface area contributed by atoms with Gasteiger partial charge in [0.25, 0.3) is 5.91 Å². The van der Waals surface area contributed by atoms with E-state index in [1.807, 2.05) is 48.3 Å². The lowest BCUT2D eigenvalue weighted by atomic mass is 10.0. The lowest BCUT2D eigenvalue weighted by Gasteiger charge is -2.24. The smallest absolute Gasteiger partial charge is 0.254 e. The molecule has 3 aromatic heterocycles. The molecule has 0 fully saturated rings. The molecule has 2 N–H and O–H groups in total. The zero-order valence-corrected chi connectivity index (χ0v) is 21.6. The Morgan fingerprint density at radius 1 is 1.11 bits per heavy atom. The maximum atomic E-state index is 13.6. The molecule has 9 heteroatoms. The van der Waals surface area contributed by atoms with Gasteiger partial charge in [-0.05, 0) is 44.2 Å². The average molecular weight is 506 g/mol. The molecule has 0 saturated carbocycles. The first-order chi connectivity index (χ1) is 18.3. The first-order valence-electron chi connectivity index (χ1n) is 12.4. The number of hydrogen-bond donors (Lipinski definition) is 1. The minimum atomic E-state index is -0.208. The van der Waals surface area contributed by atoms with E-state index in [0.29, 0.717) is 18.0 Å². The van der Waals surface area contributed by atoms with E-state index in [-0.39, 0.29) is 18.0 Å². The topological polar surface area (TPSA) is 104 Å². The summed E-state index contributed by atoms with van der Waals surface area (Å²) in [6, 6.07) is 11.4. The van der Waals surface area contributed by atoms with Crippen molar-refractivity contribution in [1.29, 1.82) is 0 Å². The van der Waals surface area contributed by atoms with Gasteiger partial charge in [0.1, 0.15) is 18.2 Å². The number of ether oxygens (including phenoxy) is 1. The average Bonchev–Trinajstić information content (AvgIpc) is 3.65. The Hall–Kier alpha value is -4.84. The molecule has 9 nitrogen and oxygen atoms in total. The van der Waals surface area contributed by atoms with E-state index in [1.54, 1.807) is 35.1 Å². The number of likely N-dealkylation sites (N-methyl/N-ethyl adjacent to an activating group) is 1. The molecule has 0 unspecified atom stereocenters. The van der Waals surface area contributed by atoms with Crippen LogP contribution >= 0.6 is 0 Å². The van der Waals surface area contributed by atoms with Crippen LogP contribution in [0.5, 0.6) is 5.75 Å². The van der Waals surface area contributed by atoms with E-state index in [2.05, 4.69) is 40.9 Å². The highest BCUT2D eigenvalue weighted by molar-refractivity contribution is 6.10. The van der Waals surface area contributed by atoms with E-state index < -0.39 is 0 Å². The van der Waals surface area contributed by atoms with Gasteiger partial charge in [-0.1, -0.05) is 17.9 Å². The second kappa shape index (κ2) is 8.92. The van der Waals surface area contributed by atoms with Gasteiger partial charge in [-0.25, -0.2) is 4.98 Å². The Morgan fingerprint density at radius 2 is 1.92 bits per heavy atom. The summed E-state index contributed by atoms with van der Waals surface area (Å²) in [4.78, 5) is 19.8. The van der Waals surface area contributed by atoms with Gasteiger partial charge < -0.3 is 15.4 Å². The zero-order chi connectivity index (χ0) is 26.6. The molecule has 1 atom stereocenters. The molecule has 0 spiro atoms. The molecule has 1 amide bonds. The van der Waals surface area contributed by atoms with Gasteiger partial charge in [0.05, 0.1) is 40.4 Å². The number of nitrogens with zero attached hydrogens (tertiary/aromatic N) is 6. The molecule has 190 valence electrons. The SMILES string of the molecule is CC(C)n1cc(C#Cc2ccc3c(c2)OC[C@H]3N(C)C(=O)c2ccc3nc(N)c4cnn(C)c4c3c2)cn1. The number of nitrogens with two attached hydrogens (primary N) is 1. The maximum absolute atomic E-state index is 13.6. The molecule has 38 heavy (non-hydrogen) atoms. The van der Waals surface area contributed by atoms with Crippen molar-refractivity contribution in [3.63, 3.8) is 0 Å². The minimum absolute atomic E-state index is 0.105. The molecule has 0 aliphatic carbocycles. The number of aromatic nitrogens is 5. The Bertz CT molecular complexity index is 1790. The number of pyridine rings is 1.